The Morgan fingerprint density at radius 1 is 1.17 bits per heavy atom. The van der Waals surface area contributed by atoms with E-state index in [1.54, 1.807) is 18.2 Å². The van der Waals surface area contributed by atoms with Crippen molar-refractivity contribution in [1.82, 2.24) is 5.32 Å². The summed E-state index contributed by atoms with van der Waals surface area (Å²) in [6.07, 6.45) is 3.24. The van der Waals surface area contributed by atoms with Gasteiger partial charge in [-0.25, -0.2) is 0 Å². The lowest BCUT2D eigenvalue weighted by molar-refractivity contribution is -0.115. The monoisotopic (exact) mass is 368 g/mol. The molecular formula is C16H14Cl2N2O2S. The summed E-state index contributed by atoms with van der Waals surface area (Å²) in [5.74, 6) is -0.580. The van der Waals surface area contributed by atoms with Crippen LogP contribution in [-0.4, -0.2) is 18.4 Å². The van der Waals surface area contributed by atoms with Crippen LogP contribution in [0.15, 0.2) is 24.3 Å². The Kier molecular flexibility index (Phi) is 4.90. The Labute approximate surface area is 147 Å². The molecule has 0 spiro atoms. The highest BCUT2D eigenvalue weighted by Gasteiger charge is 2.18. The summed E-state index contributed by atoms with van der Waals surface area (Å²) in [7, 11) is 0. The quantitative estimate of drug-likeness (QED) is 0.859. The number of fused-ring (bicyclic) bond motifs is 1. The third kappa shape index (κ3) is 3.86. The van der Waals surface area contributed by atoms with Gasteiger partial charge in [0.1, 0.15) is 0 Å². The van der Waals surface area contributed by atoms with E-state index in [2.05, 4.69) is 10.6 Å². The standard InChI is InChI=1S/C16H14Cl2N2O2S/c17-10-4-5-11(18)12(7-10)20-15(21)8-19-16(22)14-6-9-2-1-3-13(9)23-14/h4-7H,1-3,8H2,(H,19,22)(H,20,21). The van der Waals surface area contributed by atoms with Gasteiger partial charge in [0.25, 0.3) is 5.91 Å². The predicted molar refractivity (Wildman–Crippen MR) is 93.8 cm³/mol. The lowest BCUT2D eigenvalue weighted by Crippen LogP contribution is -2.32. The van der Waals surface area contributed by atoms with E-state index in [4.69, 9.17) is 23.2 Å². The zero-order valence-corrected chi connectivity index (χ0v) is 14.4. The molecule has 0 aliphatic heterocycles. The number of hydrogen-bond donors (Lipinski definition) is 2. The predicted octanol–water partition coefficient (Wildman–Crippen LogP) is 3.91. The number of carbonyl (C=O) groups excluding carboxylic acids is 2. The second kappa shape index (κ2) is 6.91. The third-order valence-electron chi connectivity index (χ3n) is 3.58. The largest absolute Gasteiger partial charge is 0.342 e. The summed E-state index contributed by atoms with van der Waals surface area (Å²) in [5, 5.41) is 6.12. The summed E-state index contributed by atoms with van der Waals surface area (Å²) in [6.45, 7) is -0.121. The average molecular weight is 369 g/mol. The Balaban J connectivity index is 1.56. The summed E-state index contributed by atoms with van der Waals surface area (Å²) in [5.41, 5.74) is 1.68. The average Bonchev–Trinajstić information content (AvgIpc) is 3.10. The molecular weight excluding hydrogens is 355 g/mol. The minimum absolute atomic E-state index is 0.121. The number of carbonyl (C=O) groups is 2. The van der Waals surface area contributed by atoms with Crippen LogP contribution in [0.3, 0.4) is 0 Å². The Hall–Kier alpha value is -1.56. The molecule has 2 aromatic rings. The first-order chi connectivity index (χ1) is 11.0. The molecule has 0 radical (unpaired) electrons. The smallest absolute Gasteiger partial charge is 0.261 e. The molecule has 120 valence electrons. The maximum absolute atomic E-state index is 12.1. The zero-order valence-electron chi connectivity index (χ0n) is 12.1. The van der Waals surface area contributed by atoms with Gasteiger partial charge in [-0.1, -0.05) is 23.2 Å². The van der Waals surface area contributed by atoms with Crippen LogP contribution in [0.25, 0.3) is 0 Å². The van der Waals surface area contributed by atoms with Gasteiger partial charge in [-0.2, -0.15) is 0 Å². The van der Waals surface area contributed by atoms with Gasteiger partial charge >= 0.3 is 0 Å². The lowest BCUT2D eigenvalue weighted by atomic mass is 10.2. The van der Waals surface area contributed by atoms with Crippen molar-refractivity contribution < 1.29 is 9.59 Å². The first kappa shape index (κ1) is 16.3. The summed E-state index contributed by atoms with van der Waals surface area (Å²) in [4.78, 5) is 26.0. The van der Waals surface area contributed by atoms with Crippen LogP contribution in [0.1, 0.15) is 26.5 Å². The third-order valence-corrected chi connectivity index (χ3v) is 5.38. The first-order valence-electron chi connectivity index (χ1n) is 7.17. The molecule has 0 saturated heterocycles. The highest BCUT2D eigenvalue weighted by atomic mass is 35.5. The molecule has 1 heterocycles. The van der Waals surface area contributed by atoms with Crippen molar-refractivity contribution in [3.63, 3.8) is 0 Å². The molecule has 1 aromatic heterocycles. The van der Waals surface area contributed by atoms with Gasteiger partial charge in [-0.15, -0.1) is 11.3 Å². The molecule has 0 unspecified atom stereocenters. The number of rotatable bonds is 4. The van der Waals surface area contributed by atoms with Crippen molar-refractivity contribution in [1.29, 1.82) is 0 Å². The van der Waals surface area contributed by atoms with Crippen LogP contribution in [0.2, 0.25) is 10.0 Å². The molecule has 4 nitrogen and oxygen atoms in total. The number of halogens is 2. The maximum atomic E-state index is 12.1. The van der Waals surface area contributed by atoms with Crippen LogP contribution in [0.4, 0.5) is 5.69 Å². The highest BCUT2D eigenvalue weighted by Crippen LogP contribution is 2.30. The fourth-order valence-electron chi connectivity index (χ4n) is 2.48. The second-order valence-corrected chi connectivity index (χ2v) is 7.25. The molecule has 23 heavy (non-hydrogen) atoms. The highest BCUT2D eigenvalue weighted by molar-refractivity contribution is 7.14. The van der Waals surface area contributed by atoms with E-state index >= 15 is 0 Å². The van der Waals surface area contributed by atoms with E-state index in [1.165, 1.54) is 21.8 Å². The molecule has 0 bridgehead atoms. The molecule has 2 N–H and O–H groups in total. The van der Waals surface area contributed by atoms with Gasteiger partial charge in [0.2, 0.25) is 5.91 Å². The van der Waals surface area contributed by atoms with Crippen LogP contribution in [-0.2, 0) is 17.6 Å². The number of thiophene rings is 1. The van der Waals surface area contributed by atoms with E-state index in [0.29, 0.717) is 20.6 Å². The van der Waals surface area contributed by atoms with Crippen molar-refractivity contribution in [2.45, 2.75) is 19.3 Å². The van der Waals surface area contributed by atoms with Crippen molar-refractivity contribution in [2.75, 3.05) is 11.9 Å². The normalized spacial score (nSPS) is 12.8. The van der Waals surface area contributed by atoms with Crippen LogP contribution >= 0.6 is 34.5 Å². The second-order valence-electron chi connectivity index (χ2n) is 5.27. The molecule has 0 saturated carbocycles. The van der Waals surface area contributed by atoms with Gasteiger partial charge in [-0.05, 0) is 49.1 Å². The van der Waals surface area contributed by atoms with Crippen LogP contribution < -0.4 is 10.6 Å². The van der Waals surface area contributed by atoms with Gasteiger partial charge in [0, 0.05) is 9.90 Å². The van der Waals surface area contributed by atoms with Gasteiger partial charge in [0.15, 0.2) is 0 Å². The number of nitrogens with one attached hydrogen (secondary N) is 2. The SMILES string of the molecule is O=C(CNC(=O)c1cc2c(s1)CCC2)Nc1cc(Cl)ccc1Cl. The maximum Gasteiger partial charge on any atom is 0.261 e. The number of hydrogen-bond acceptors (Lipinski definition) is 3. The van der Waals surface area contributed by atoms with E-state index in [9.17, 15) is 9.59 Å². The number of aryl methyl sites for hydroxylation is 2. The Morgan fingerprint density at radius 3 is 2.78 bits per heavy atom. The molecule has 7 heteroatoms. The molecule has 1 aliphatic rings. The minimum Gasteiger partial charge on any atom is -0.342 e. The van der Waals surface area contributed by atoms with Gasteiger partial charge in [0.05, 0.1) is 22.1 Å². The zero-order chi connectivity index (χ0) is 16.4. The fourth-order valence-corrected chi connectivity index (χ4v) is 3.98. The van der Waals surface area contributed by atoms with Crippen LogP contribution in [0.5, 0.6) is 0 Å². The first-order valence-corrected chi connectivity index (χ1v) is 8.75. The molecule has 3 rings (SSSR count). The van der Waals surface area contributed by atoms with Gasteiger partial charge < -0.3 is 10.6 Å². The van der Waals surface area contributed by atoms with E-state index < -0.39 is 0 Å². The molecule has 0 atom stereocenters. The van der Waals surface area contributed by atoms with Crippen molar-refractivity contribution >= 4 is 52.0 Å². The van der Waals surface area contributed by atoms with E-state index in [0.717, 1.165) is 19.3 Å². The van der Waals surface area contributed by atoms with Crippen molar-refractivity contribution in [2.24, 2.45) is 0 Å². The molecule has 1 aromatic carbocycles. The fraction of sp³-hybridized carbons (Fsp3) is 0.250. The Bertz CT molecular complexity index is 752. The minimum atomic E-state index is -0.355. The molecule has 1 aliphatic carbocycles. The number of amides is 2. The Morgan fingerprint density at radius 2 is 2.00 bits per heavy atom. The van der Waals surface area contributed by atoms with Crippen LogP contribution in [0, 0.1) is 0 Å². The summed E-state index contributed by atoms with van der Waals surface area (Å²) < 4.78 is 0. The van der Waals surface area contributed by atoms with Gasteiger partial charge in [-0.3, -0.25) is 9.59 Å². The lowest BCUT2D eigenvalue weighted by Gasteiger charge is -2.08. The van der Waals surface area contributed by atoms with E-state index in [-0.39, 0.29) is 18.4 Å². The molecule has 0 fully saturated rings. The van der Waals surface area contributed by atoms with Crippen molar-refractivity contribution in [3.05, 3.63) is 49.6 Å². The van der Waals surface area contributed by atoms with Crippen molar-refractivity contribution in [3.8, 4) is 0 Å². The topological polar surface area (TPSA) is 58.2 Å². The summed E-state index contributed by atoms with van der Waals surface area (Å²) >= 11 is 13.4. The summed E-state index contributed by atoms with van der Waals surface area (Å²) in [6, 6.07) is 6.73. The molecule has 2 amide bonds. The van der Waals surface area contributed by atoms with E-state index in [1.807, 2.05) is 6.07 Å². The number of benzene rings is 1. The number of anilines is 1.